The number of piperazine rings is 1. The molecule has 118 valence electrons. The van der Waals surface area contributed by atoms with E-state index in [1.807, 2.05) is 0 Å². The fourth-order valence-corrected chi connectivity index (χ4v) is 2.97. The van der Waals surface area contributed by atoms with Crippen molar-refractivity contribution < 1.29 is 21.6 Å². The molecule has 2 heterocycles. The molecule has 0 aliphatic carbocycles. The third kappa shape index (κ3) is 3.95. The summed E-state index contributed by atoms with van der Waals surface area (Å²) >= 11 is 5.52. The number of nitrogens with zero attached hydrogens (tertiary/aromatic N) is 4. The van der Waals surface area contributed by atoms with Crippen LogP contribution in [0.2, 0.25) is 5.28 Å². The van der Waals surface area contributed by atoms with Gasteiger partial charge in [-0.1, -0.05) is 0 Å². The van der Waals surface area contributed by atoms with Gasteiger partial charge < -0.3 is 4.90 Å². The highest BCUT2D eigenvalue weighted by Gasteiger charge is 2.34. The van der Waals surface area contributed by atoms with Crippen LogP contribution < -0.4 is 4.90 Å². The van der Waals surface area contributed by atoms with Gasteiger partial charge in [0.25, 0.3) is 0 Å². The van der Waals surface area contributed by atoms with E-state index in [4.69, 9.17) is 11.6 Å². The van der Waals surface area contributed by atoms with E-state index in [1.54, 1.807) is 4.90 Å². The topological polar surface area (TPSA) is 66.4 Å². The van der Waals surface area contributed by atoms with Crippen molar-refractivity contribution in [2.75, 3.05) is 37.3 Å². The van der Waals surface area contributed by atoms with E-state index in [1.165, 1.54) is 4.31 Å². The van der Waals surface area contributed by atoms with Crippen LogP contribution in [-0.4, -0.2) is 55.1 Å². The standard InChI is InChI=1S/C10H12ClF3N4O2S/c1-21(19,20)18-4-2-17(3-5-18)8-6-7(10(12,13)14)15-9(11)16-8/h6H,2-5H2,1H3. The van der Waals surface area contributed by atoms with Crippen LogP contribution in [0, 0.1) is 0 Å². The zero-order valence-electron chi connectivity index (χ0n) is 10.9. The molecule has 11 heteroatoms. The molecule has 21 heavy (non-hydrogen) atoms. The number of aromatic nitrogens is 2. The van der Waals surface area contributed by atoms with Gasteiger partial charge in [-0.15, -0.1) is 0 Å². The second-order valence-electron chi connectivity index (χ2n) is 4.53. The minimum absolute atomic E-state index is 0.0375. The van der Waals surface area contributed by atoms with Crippen molar-refractivity contribution in [3.05, 3.63) is 17.0 Å². The van der Waals surface area contributed by atoms with Gasteiger partial charge in [-0.25, -0.2) is 18.4 Å². The van der Waals surface area contributed by atoms with Crippen LogP contribution in [0.4, 0.5) is 19.0 Å². The molecule has 1 saturated heterocycles. The number of anilines is 1. The van der Waals surface area contributed by atoms with E-state index in [0.717, 1.165) is 12.3 Å². The quantitative estimate of drug-likeness (QED) is 0.755. The Bertz CT molecular complexity index is 630. The Hall–Kier alpha value is -1.13. The highest BCUT2D eigenvalue weighted by Crippen LogP contribution is 2.30. The van der Waals surface area contributed by atoms with Gasteiger partial charge in [0.2, 0.25) is 15.3 Å². The van der Waals surface area contributed by atoms with Crippen LogP contribution in [0.3, 0.4) is 0 Å². The summed E-state index contributed by atoms with van der Waals surface area (Å²) < 4.78 is 62.1. The normalized spacial score (nSPS) is 18.0. The molecule has 1 aromatic rings. The van der Waals surface area contributed by atoms with E-state index in [9.17, 15) is 21.6 Å². The number of alkyl halides is 3. The summed E-state index contributed by atoms with van der Waals surface area (Å²) in [5, 5.41) is -0.495. The maximum atomic E-state index is 12.7. The van der Waals surface area contributed by atoms with E-state index in [-0.39, 0.29) is 32.0 Å². The first-order chi connectivity index (χ1) is 9.57. The smallest absolute Gasteiger partial charge is 0.354 e. The van der Waals surface area contributed by atoms with Crippen LogP contribution in [-0.2, 0) is 16.2 Å². The Labute approximate surface area is 124 Å². The zero-order valence-corrected chi connectivity index (χ0v) is 12.5. The molecular weight excluding hydrogens is 333 g/mol. The van der Waals surface area contributed by atoms with Gasteiger partial charge in [0.1, 0.15) is 5.82 Å². The molecule has 0 spiro atoms. The largest absolute Gasteiger partial charge is 0.433 e. The summed E-state index contributed by atoms with van der Waals surface area (Å²) in [5.41, 5.74) is -1.12. The maximum absolute atomic E-state index is 12.7. The lowest BCUT2D eigenvalue weighted by Crippen LogP contribution is -2.48. The minimum Gasteiger partial charge on any atom is -0.354 e. The molecule has 0 saturated carbocycles. The minimum atomic E-state index is -4.62. The van der Waals surface area contributed by atoms with Crippen LogP contribution in [0.5, 0.6) is 0 Å². The Morgan fingerprint density at radius 1 is 1.19 bits per heavy atom. The molecule has 0 aromatic carbocycles. The summed E-state index contributed by atoms with van der Waals surface area (Å²) in [6.45, 7) is 0.832. The Balaban J connectivity index is 2.19. The van der Waals surface area contributed by atoms with Crippen molar-refractivity contribution in [1.29, 1.82) is 0 Å². The third-order valence-electron chi connectivity index (χ3n) is 3.01. The van der Waals surface area contributed by atoms with Crippen molar-refractivity contribution in [3.8, 4) is 0 Å². The number of hydrogen-bond donors (Lipinski definition) is 0. The summed E-state index contributed by atoms with van der Waals surface area (Å²) in [5.74, 6) is 0.0375. The second-order valence-corrected chi connectivity index (χ2v) is 6.85. The summed E-state index contributed by atoms with van der Waals surface area (Å²) in [6.07, 6.45) is -3.53. The molecule has 1 aromatic heterocycles. The fraction of sp³-hybridized carbons (Fsp3) is 0.600. The monoisotopic (exact) mass is 344 g/mol. The molecule has 1 aliphatic rings. The van der Waals surface area contributed by atoms with E-state index < -0.39 is 27.2 Å². The molecule has 2 rings (SSSR count). The molecule has 0 bridgehead atoms. The highest BCUT2D eigenvalue weighted by molar-refractivity contribution is 7.88. The summed E-state index contributed by atoms with van der Waals surface area (Å²) in [6, 6.07) is 0.808. The molecule has 6 nitrogen and oxygen atoms in total. The van der Waals surface area contributed by atoms with Gasteiger partial charge in [0.05, 0.1) is 6.26 Å². The summed E-state index contributed by atoms with van der Waals surface area (Å²) in [7, 11) is -3.30. The first-order valence-corrected chi connectivity index (χ1v) is 8.12. The van der Waals surface area contributed by atoms with E-state index >= 15 is 0 Å². The van der Waals surface area contributed by atoms with Crippen molar-refractivity contribution in [1.82, 2.24) is 14.3 Å². The van der Waals surface area contributed by atoms with Crippen molar-refractivity contribution in [2.24, 2.45) is 0 Å². The molecule has 0 atom stereocenters. The number of halogens is 4. The van der Waals surface area contributed by atoms with Gasteiger partial charge in [-0.05, 0) is 11.6 Å². The lowest BCUT2D eigenvalue weighted by Gasteiger charge is -2.34. The van der Waals surface area contributed by atoms with Gasteiger partial charge >= 0.3 is 6.18 Å². The van der Waals surface area contributed by atoms with Gasteiger partial charge in [-0.3, -0.25) is 0 Å². The summed E-state index contributed by atoms with van der Waals surface area (Å²) in [4.78, 5) is 8.47. The second kappa shape index (κ2) is 5.58. The molecule has 0 radical (unpaired) electrons. The van der Waals surface area contributed by atoms with Crippen molar-refractivity contribution >= 4 is 27.4 Å². The predicted octanol–water partition coefficient (Wildman–Crippen LogP) is 1.23. The molecule has 1 aliphatic heterocycles. The lowest BCUT2D eigenvalue weighted by molar-refractivity contribution is -0.141. The molecule has 1 fully saturated rings. The SMILES string of the molecule is CS(=O)(=O)N1CCN(c2cc(C(F)(F)F)nc(Cl)n2)CC1. The molecule has 0 unspecified atom stereocenters. The van der Waals surface area contributed by atoms with Crippen molar-refractivity contribution in [3.63, 3.8) is 0 Å². The number of hydrogen-bond acceptors (Lipinski definition) is 5. The van der Waals surface area contributed by atoms with E-state index in [0.29, 0.717) is 0 Å². The number of rotatable bonds is 2. The van der Waals surface area contributed by atoms with E-state index in [2.05, 4.69) is 9.97 Å². The van der Waals surface area contributed by atoms with Gasteiger partial charge in [-0.2, -0.15) is 17.5 Å². The zero-order chi connectivity index (χ0) is 15.8. The highest BCUT2D eigenvalue weighted by atomic mass is 35.5. The van der Waals surface area contributed by atoms with Crippen LogP contribution >= 0.6 is 11.6 Å². The van der Waals surface area contributed by atoms with Crippen molar-refractivity contribution in [2.45, 2.75) is 6.18 Å². The number of sulfonamides is 1. The van der Waals surface area contributed by atoms with Crippen LogP contribution in [0.15, 0.2) is 6.07 Å². The molecule has 0 N–H and O–H groups in total. The molecular formula is C10H12ClF3N4O2S. The van der Waals surface area contributed by atoms with Gasteiger partial charge in [0.15, 0.2) is 5.69 Å². The average molecular weight is 345 g/mol. The Kier molecular flexibility index (Phi) is 4.31. The Morgan fingerprint density at radius 2 is 1.76 bits per heavy atom. The lowest BCUT2D eigenvalue weighted by atomic mass is 10.3. The van der Waals surface area contributed by atoms with Crippen LogP contribution in [0.1, 0.15) is 5.69 Å². The third-order valence-corrected chi connectivity index (χ3v) is 4.48. The average Bonchev–Trinajstić information content (AvgIpc) is 2.36. The fourth-order valence-electron chi connectivity index (χ4n) is 1.96. The first-order valence-electron chi connectivity index (χ1n) is 5.89. The maximum Gasteiger partial charge on any atom is 0.433 e. The first kappa shape index (κ1) is 16.2. The van der Waals surface area contributed by atoms with Crippen LogP contribution in [0.25, 0.3) is 0 Å². The Morgan fingerprint density at radius 3 is 2.24 bits per heavy atom. The molecule has 0 amide bonds. The predicted molar refractivity (Wildman–Crippen MR) is 70.7 cm³/mol. The van der Waals surface area contributed by atoms with Gasteiger partial charge in [0, 0.05) is 32.2 Å².